The fourth-order valence-corrected chi connectivity index (χ4v) is 5.57. The molecule has 1 amide bonds. The zero-order valence-corrected chi connectivity index (χ0v) is 19.9. The molecule has 8 nitrogen and oxygen atoms in total. The highest BCUT2D eigenvalue weighted by Crippen LogP contribution is 2.30. The van der Waals surface area contributed by atoms with E-state index >= 15 is 0 Å². The van der Waals surface area contributed by atoms with Crippen LogP contribution in [-0.2, 0) is 10.0 Å². The van der Waals surface area contributed by atoms with Gasteiger partial charge in [-0.1, -0.05) is 42.5 Å². The molecule has 3 aromatic carbocycles. The van der Waals surface area contributed by atoms with Crippen LogP contribution in [0.5, 0.6) is 0 Å². The second-order valence-corrected chi connectivity index (χ2v) is 10.0. The Morgan fingerprint density at radius 2 is 1.58 bits per heavy atom. The van der Waals surface area contributed by atoms with Crippen LogP contribution in [0.1, 0.15) is 0 Å². The molecule has 0 fully saturated rings. The van der Waals surface area contributed by atoms with Gasteiger partial charge in [0, 0.05) is 36.1 Å². The molecule has 0 saturated heterocycles. The zero-order valence-electron chi connectivity index (χ0n) is 19.1. The third-order valence-electron chi connectivity index (χ3n) is 5.89. The quantitative estimate of drug-likeness (QED) is 0.330. The second-order valence-electron chi connectivity index (χ2n) is 8.19. The van der Waals surface area contributed by atoms with E-state index in [2.05, 4.69) is 15.3 Å². The van der Waals surface area contributed by atoms with Gasteiger partial charge in [-0.2, -0.15) is 0 Å². The van der Waals surface area contributed by atoms with Gasteiger partial charge in [0.05, 0.1) is 23.3 Å². The first-order chi connectivity index (χ1) is 17.4. The van der Waals surface area contributed by atoms with E-state index in [9.17, 15) is 13.2 Å². The first-order valence-electron chi connectivity index (χ1n) is 11.2. The smallest absolute Gasteiger partial charge is 0.404 e. The van der Waals surface area contributed by atoms with Gasteiger partial charge >= 0.3 is 6.09 Å². The zero-order chi connectivity index (χ0) is 25.1. The standard InChI is InChI=1S/C27H22N4O4S/c32-27(33)30-11-12-31(36(34,35)26-8-7-19-3-1-2-4-20(19)15-26)25-14-24(17-29-18-25)21-5-6-23-16-28-10-9-22(23)13-21/h1-10,13-18,30H,11-12H2,(H,32,33). The van der Waals surface area contributed by atoms with Gasteiger partial charge in [0.15, 0.2) is 0 Å². The van der Waals surface area contributed by atoms with Gasteiger partial charge < -0.3 is 10.4 Å². The molecule has 0 saturated carbocycles. The first-order valence-corrected chi connectivity index (χ1v) is 12.6. The number of aromatic nitrogens is 2. The van der Waals surface area contributed by atoms with E-state index in [1.165, 1.54) is 10.5 Å². The number of hydrogen-bond acceptors (Lipinski definition) is 5. The van der Waals surface area contributed by atoms with E-state index in [0.29, 0.717) is 5.69 Å². The summed E-state index contributed by atoms with van der Waals surface area (Å²) in [4.78, 5) is 19.6. The predicted molar refractivity (Wildman–Crippen MR) is 139 cm³/mol. The Balaban J connectivity index is 1.56. The van der Waals surface area contributed by atoms with Gasteiger partial charge in [-0.25, -0.2) is 13.2 Å². The highest BCUT2D eigenvalue weighted by Gasteiger charge is 2.26. The maximum Gasteiger partial charge on any atom is 0.404 e. The molecule has 9 heteroatoms. The monoisotopic (exact) mass is 498 g/mol. The number of carbonyl (C=O) groups is 1. The number of rotatable bonds is 7. The summed E-state index contributed by atoms with van der Waals surface area (Å²) in [7, 11) is -4.03. The van der Waals surface area contributed by atoms with Gasteiger partial charge in [0.2, 0.25) is 0 Å². The molecule has 0 radical (unpaired) electrons. The van der Waals surface area contributed by atoms with Crippen LogP contribution < -0.4 is 9.62 Å². The second kappa shape index (κ2) is 9.63. The molecule has 180 valence electrons. The van der Waals surface area contributed by atoms with E-state index in [-0.39, 0.29) is 18.0 Å². The Kier molecular flexibility index (Phi) is 6.22. The molecule has 5 aromatic rings. The predicted octanol–water partition coefficient (Wildman–Crippen LogP) is 4.91. The van der Waals surface area contributed by atoms with Crippen molar-refractivity contribution < 1.29 is 18.3 Å². The SMILES string of the molecule is O=C(O)NCCN(c1cncc(-c2ccc3cnccc3c2)c1)S(=O)(=O)c1ccc2ccccc2c1. The summed E-state index contributed by atoms with van der Waals surface area (Å²) in [5.74, 6) is 0. The number of fused-ring (bicyclic) bond motifs is 2. The molecule has 0 aliphatic heterocycles. The molecule has 0 aliphatic rings. The summed E-state index contributed by atoms with van der Waals surface area (Å²) in [6.07, 6.45) is 5.40. The number of hydrogen-bond donors (Lipinski definition) is 2. The Morgan fingerprint density at radius 3 is 2.42 bits per heavy atom. The fourth-order valence-electron chi connectivity index (χ4n) is 4.09. The third kappa shape index (κ3) is 4.69. The van der Waals surface area contributed by atoms with Crippen LogP contribution in [0.3, 0.4) is 0 Å². The molecule has 2 heterocycles. The number of pyridine rings is 2. The third-order valence-corrected chi connectivity index (χ3v) is 7.71. The fraction of sp³-hybridized carbons (Fsp3) is 0.0741. The maximum atomic E-state index is 13.8. The maximum absolute atomic E-state index is 13.8. The molecule has 0 atom stereocenters. The van der Waals surface area contributed by atoms with E-state index in [4.69, 9.17) is 5.11 Å². The summed E-state index contributed by atoms with van der Waals surface area (Å²) in [6.45, 7) is -0.189. The number of sulfonamides is 1. The number of benzene rings is 3. The van der Waals surface area contributed by atoms with Crippen LogP contribution in [0.2, 0.25) is 0 Å². The van der Waals surface area contributed by atoms with Crippen LogP contribution in [0, 0.1) is 0 Å². The van der Waals surface area contributed by atoms with Crippen molar-refractivity contribution in [2.45, 2.75) is 4.90 Å². The Bertz CT molecular complexity index is 1690. The number of amides is 1. The van der Waals surface area contributed by atoms with Gasteiger partial charge in [0.25, 0.3) is 10.0 Å². The minimum absolute atomic E-state index is 0.0879. The van der Waals surface area contributed by atoms with Crippen molar-refractivity contribution in [2.75, 3.05) is 17.4 Å². The van der Waals surface area contributed by atoms with Crippen LogP contribution in [0.15, 0.2) is 102 Å². The van der Waals surface area contributed by atoms with Gasteiger partial charge in [-0.05, 0) is 52.1 Å². The van der Waals surface area contributed by atoms with Crippen LogP contribution in [0.25, 0.3) is 32.7 Å². The largest absolute Gasteiger partial charge is 0.465 e. The van der Waals surface area contributed by atoms with E-state index in [1.54, 1.807) is 42.9 Å². The van der Waals surface area contributed by atoms with Crippen molar-refractivity contribution in [3.63, 3.8) is 0 Å². The lowest BCUT2D eigenvalue weighted by Crippen LogP contribution is -2.38. The number of anilines is 1. The highest BCUT2D eigenvalue weighted by molar-refractivity contribution is 7.92. The van der Waals surface area contributed by atoms with Crippen LogP contribution in [-0.4, -0.2) is 42.7 Å². The molecule has 0 aliphatic carbocycles. The molecule has 5 rings (SSSR count). The Labute approximate surface area is 207 Å². The van der Waals surface area contributed by atoms with E-state index < -0.39 is 16.1 Å². The van der Waals surface area contributed by atoms with Crippen LogP contribution in [0.4, 0.5) is 10.5 Å². The van der Waals surface area contributed by atoms with Gasteiger partial charge in [0.1, 0.15) is 0 Å². The summed E-state index contributed by atoms with van der Waals surface area (Å²) in [6, 6.07) is 22.0. The summed E-state index contributed by atoms with van der Waals surface area (Å²) in [5.41, 5.74) is 1.94. The van der Waals surface area contributed by atoms with Crippen molar-refractivity contribution in [1.82, 2.24) is 15.3 Å². The molecule has 2 aromatic heterocycles. The number of nitrogens with zero attached hydrogens (tertiary/aromatic N) is 3. The molecule has 0 unspecified atom stereocenters. The van der Waals surface area contributed by atoms with Crippen molar-refractivity contribution in [3.8, 4) is 11.1 Å². The lowest BCUT2D eigenvalue weighted by atomic mass is 10.0. The Morgan fingerprint density at radius 1 is 0.806 bits per heavy atom. The number of carboxylic acid groups (broad SMARTS) is 1. The molecule has 36 heavy (non-hydrogen) atoms. The Hall–Kier alpha value is -4.50. The minimum atomic E-state index is -4.03. The van der Waals surface area contributed by atoms with Crippen LogP contribution >= 0.6 is 0 Å². The lowest BCUT2D eigenvalue weighted by Gasteiger charge is -2.25. The molecular formula is C27H22N4O4S. The van der Waals surface area contributed by atoms with Crippen molar-refractivity contribution in [3.05, 3.63) is 97.6 Å². The van der Waals surface area contributed by atoms with Crippen molar-refractivity contribution in [2.24, 2.45) is 0 Å². The molecule has 0 bridgehead atoms. The molecule has 0 spiro atoms. The molecule has 2 N–H and O–H groups in total. The topological polar surface area (TPSA) is 112 Å². The van der Waals surface area contributed by atoms with E-state index in [1.807, 2.05) is 48.5 Å². The van der Waals surface area contributed by atoms with Gasteiger partial charge in [-0.15, -0.1) is 0 Å². The average molecular weight is 499 g/mol. The van der Waals surface area contributed by atoms with Crippen molar-refractivity contribution >= 4 is 43.3 Å². The molecular weight excluding hydrogens is 476 g/mol. The summed E-state index contributed by atoms with van der Waals surface area (Å²) in [5, 5.41) is 15.0. The lowest BCUT2D eigenvalue weighted by molar-refractivity contribution is 0.195. The normalized spacial score (nSPS) is 11.4. The van der Waals surface area contributed by atoms with E-state index in [0.717, 1.165) is 32.7 Å². The van der Waals surface area contributed by atoms with Gasteiger partial charge in [-0.3, -0.25) is 14.3 Å². The summed E-state index contributed by atoms with van der Waals surface area (Å²) >= 11 is 0. The average Bonchev–Trinajstić information content (AvgIpc) is 2.90. The highest BCUT2D eigenvalue weighted by atomic mass is 32.2. The minimum Gasteiger partial charge on any atom is -0.465 e. The number of nitrogens with one attached hydrogen (secondary N) is 1. The van der Waals surface area contributed by atoms with Crippen molar-refractivity contribution in [1.29, 1.82) is 0 Å². The first kappa shape index (κ1) is 23.3. The summed E-state index contributed by atoms with van der Waals surface area (Å²) < 4.78 is 28.8.